The zero-order chi connectivity index (χ0) is 11.6. The predicted molar refractivity (Wildman–Crippen MR) is 49.5 cm³/mol. The van der Waals surface area contributed by atoms with Gasteiger partial charge in [0, 0.05) is 10.7 Å². The van der Waals surface area contributed by atoms with Crippen LogP contribution in [0.1, 0.15) is 15.9 Å². The van der Waals surface area contributed by atoms with Crippen molar-refractivity contribution in [3.05, 3.63) is 29.1 Å². The quantitative estimate of drug-likeness (QED) is 0.585. The van der Waals surface area contributed by atoms with Gasteiger partial charge in [-0.05, 0) is 12.1 Å². The molecule has 0 amide bonds. The highest BCUT2D eigenvalue weighted by molar-refractivity contribution is 8.13. The summed E-state index contributed by atoms with van der Waals surface area (Å²) >= 11 is 0. The van der Waals surface area contributed by atoms with Crippen LogP contribution in [-0.2, 0) is 9.05 Å². The van der Waals surface area contributed by atoms with Crippen LogP contribution in [0.25, 0.3) is 0 Å². The van der Waals surface area contributed by atoms with Gasteiger partial charge in [-0.25, -0.2) is 12.8 Å². The van der Waals surface area contributed by atoms with Crippen molar-refractivity contribution in [1.29, 1.82) is 5.26 Å². The largest absolute Gasteiger partial charge is 0.298 e. The van der Waals surface area contributed by atoms with Crippen LogP contribution in [0.15, 0.2) is 17.0 Å². The van der Waals surface area contributed by atoms with Crippen LogP contribution >= 0.6 is 10.7 Å². The molecule has 15 heavy (non-hydrogen) atoms. The molecule has 0 radical (unpaired) electrons. The molecule has 0 heterocycles. The molecule has 0 bridgehead atoms. The summed E-state index contributed by atoms with van der Waals surface area (Å²) in [6.45, 7) is 0. The number of benzene rings is 1. The number of nitrogens with zero attached hydrogens (tertiary/aromatic N) is 1. The fourth-order valence-corrected chi connectivity index (χ4v) is 2.06. The molecular formula is C8H3ClFNO3S. The lowest BCUT2D eigenvalue weighted by molar-refractivity contribution is 0.112. The van der Waals surface area contributed by atoms with Crippen molar-refractivity contribution in [1.82, 2.24) is 0 Å². The van der Waals surface area contributed by atoms with Crippen LogP contribution in [0, 0.1) is 17.1 Å². The van der Waals surface area contributed by atoms with Gasteiger partial charge in [0.2, 0.25) is 0 Å². The van der Waals surface area contributed by atoms with Gasteiger partial charge in [-0.15, -0.1) is 0 Å². The average Bonchev–Trinajstić information content (AvgIpc) is 2.15. The Morgan fingerprint density at radius 3 is 2.47 bits per heavy atom. The molecule has 0 N–H and O–H groups in total. The maximum atomic E-state index is 13.0. The topological polar surface area (TPSA) is 75.0 Å². The molecule has 0 unspecified atom stereocenters. The van der Waals surface area contributed by atoms with Crippen molar-refractivity contribution in [3.63, 3.8) is 0 Å². The van der Waals surface area contributed by atoms with Gasteiger partial charge in [-0.1, -0.05) is 0 Å². The molecule has 0 aliphatic rings. The van der Waals surface area contributed by atoms with Crippen molar-refractivity contribution in [2.45, 2.75) is 4.90 Å². The van der Waals surface area contributed by atoms with Gasteiger partial charge >= 0.3 is 0 Å². The van der Waals surface area contributed by atoms with Gasteiger partial charge in [-0.2, -0.15) is 5.26 Å². The van der Waals surface area contributed by atoms with Crippen LogP contribution in [0.5, 0.6) is 0 Å². The van der Waals surface area contributed by atoms with Gasteiger partial charge in [0.15, 0.2) is 6.29 Å². The van der Waals surface area contributed by atoms with E-state index in [9.17, 15) is 17.6 Å². The summed E-state index contributed by atoms with van der Waals surface area (Å²) in [6.07, 6.45) is 0.0803. The third-order valence-corrected chi connectivity index (χ3v) is 3.03. The van der Waals surface area contributed by atoms with E-state index >= 15 is 0 Å². The molecule has 0 aliphatic heterocycles. The van der Waals surface area contributed by atoms with Gasteiger partial charge in [0.25, 0.3) is 9.05 Å². The molecule has 0 saturated heterocycles. The number of carbonyl (C=O) groups is 1. The molecule has 0 atom stereocenters. The summed E-state index contributed by atoms with van der Waals surface area (Å²) in [5.74, 6) is -0.969. The molecule has 7 heteroatoms. The van der Waals surface area contributed by atoms with Crippen molar-refractivity contribution in [2.24, 2.45) is 0 Å². The second kappa shape index (κ2) is 3.96. The Morgan fingerprint density at radius 1 is 1.47 bits per heavy atom. The Morgan fingerprint density at radius 2 is 2.07 bits per heavy atom. The Kier molecular flexibility index (Phi) is 3.07. The number of hydrogen-bond donors (Lipinski definition) is 0. The van der Waals surface area contributed by atoms with Gasteiger partial charge in [-0.3, -0.25) is 4.79 Å². The second-order valence-electron chi connectivity index (χ2n) is 2.50. The standard InChI is InChI=1S/C8H3ClFNO3S/c9-15(13,14)8-2-1-7(10)5(3-11)6(8)4-12/h1-2,4H. The minimum Gasteiger partial charge on any atom is -0.298 e. The maximum absolute atomic E-state index is 13.0. The Balaban J connectivity index is 3.74. The van der Waals surface area contributed by atoms with Crippen LogP contribution in [-0.4, -0.2) is 14.7 Å². The first kappa shape index (κ1) is 11.6. The second-order valence-corrected chi connectivity index (χ2v) is 5.04. The molecule has 0 aliphatic carbocycles. The van der Waals surface area contributed by atoms with Crippen LogP contribution in [0.3, 0.4) is 0 Å². The summed E-state index contributed by atoms with van der Waals surface area (Å²) in [7, 11) is 0.833. The smallest absolute Gasteiger partial charge is 0.262 e. The summed E-state index contributed by atoms with van der Waals surface area (Å²) in [6, 6.07) is 3.00. The van der Waals surface area contributed by atoms with E-state index in [-0.39, 0.29) is 6.29 Å². The highest BCUT2D eigenvalue weighted by Gasteiger charge is 2.20. The van der Waals surface area contributed by atoms with E-state index in [2.05, 4.69) is 0 Å². The first-order chi connectivity index (χ1) is 6.91. The lowest BCUT2D eigenvalue weighted by Crippen LogP contribution is -2.02. The molecule has 1 aromatic rings. The fourth-order valence-electron chi connectivity index (χ4n) is 1.02. The predicted octanol–water partition coefficient (Wildman–Crippen LogP) is 1.44. The summed E-state index contributed by atoms with van der Waals surface area (Å²) < 4.78 is 34.9. The Bertz CT molecular complexity index is 562. The molecule has 78 valence electrons. The molecule has 0 fully saturated rings. The van der Waals surface area contributed by atoms with E-state index in [0.29, 0.717) is 0 Å². The minimum atomic E-state index is -4.17. The number of aldehydes is 1. The maximum Gasteiger partial charge on any atom is 0.262 e. The molecule has 1 rings (SSSR count). The van der Waals surface area contributed by atoms with Crippen LogP contribution < -0.4 is 0 Å². The van der Waals surface area contributed by atoms with E-state index in [0.717, 1.165) is 12.1 Å². The molecule has 0 spiro atoms. The van der Waals surface area contributed by atoms with E-state index in [1.54, 1.807) is 0 Å². The SMILES string of the molecule is N#Cc1c(F)ccc(S(=O)(=O)Cl)c1C=O. The summed E-state index contributed by atoms with van der Waals surface area (Å²) in [5, 5.41) is 8.53. The van der Waals surface area contributed by atoms with Crippen LogP contribution in [0.4, 0.5) is 4.39 Å². The normalized spacial score (nSPS) is 10.7. The lowest BCUT2D eigenvalue weighted by atomic mass is 10.1. The third kappa shape index (κ3) is 2.14. The van der Waals surface area contributed by atoms with Gasteiger partial charge in [0.05, 0.1) is 16.0 Å². The highest BCUT2D eigenvalue weighted by atomic mass is 35.7. The molecule has 4 nitrogen and oxygen atoms in total. The third-order valence-electron chi connectivity index (χ3n) is 1.65. The molecule has 0 aromatic heterocycles. The zero-order valence-electron chi connectivity index (χ0n) is 7.07. The summed E-state index contributed by atoms with van der Waals surface area (Å²) in [4.78, 5) is 9.99. The lowest BCUT2D eigenvalue weighted by Gasteiger charge is -2.02. The monoisotopic (exact) mass is 247 g/mol. The number of hydrogen-bond acceptors (Lipinski definition) is 4. The molecule has 1 aromatic carbocycles. The number of carbonyl (C=O) groups excluding carboxylic acids is 1. The van der Waals surface area contributed by atoms with Crippen LogP contribution in [0.2, 0.25) is 0 Å². The Labute approximate surface area is 89.3 Å². The average molecular weight is 248 g/mol. The van der Waals surface area contributed by atoms with Gasteiger partial charge < -0.3 is 0 Å². The van der Waals surface area contributed by atoms with E-state index in [4.69, 9.17) is 15.9 Å². The highest BCUT2D eigenvalue weighted by Crippen LogP contribution is 2.23. The fraction of sp³-hybridized carbons (Fsp3) is 0. The van der Waals surface area contributed by atoms with Gasteiger partial charge in [0.1, 0.15) is 11.9 Å². The molecular weight excluding hydrogens is 245 g/mol. The van der Waals surface area contributed by atoms with E-state index in [1.165, 1.54) is 6.07 Å². The first-order valence-corrected chi connectivity index (χ1v) is 5.85. The van der Waals surface area contributed by atoms with Crippen molar-refractivity contribution in [2.75, 3.05) is 0 Å². The minimum absolute atomic E-state index is 0.0803. The van der Waals surface area contributed by atoms with Crippen molar-refractivity contribution < 1.29 is 17.6 Å². The van der Waals surface area contributed by atoms with Crippen molar-refractivity contribution >= 4 is 26.0 Å². The Hall–Kier alpha value is -1.45. The summed E-state index contributed by atoms with van der Waals surface area (Å²) in [5.41, 5.74) is -1.20. The number of halogens is 2. The molecule has 0 saturated carbocycles. The van der Waals surface area contributed by atoms with Crippen molar-refractivity contribution in [3.8, 4) is 6.07 Å². The van der Waals surface area contributed by atoms with E-state index in [1.807, 2.05) is 0 Å². The zero-order valence-corrected chi connectivity index (χ0v) is 8.64. The number of nitriles is 1. The number of rotatable bonds is 2. The van der Waals surface area contributed by atoms with E-state index < -0.39 is 30.9 Å². The first-order valence-electron chi connectivity index (χ1n) is 3.54.